The monoisotopic (exact) mass is 471 g/mol. The first-order valence-corrected chi connectivity index (χ1v) is 12.6. The second-order valence-electron chi connectivity index (χ2n) is 10.6. The van der Waals surface area contributed by atoms with E-state index in [4.69, 9.17) is 12.2 Å². The van der Waals surface area contributed by atoms with E-state index in [9.17, 15) is 4.79 Å². The van der Waals surface area contributed by atoms with Crippen LogP contribution in [-0.2, 0) is 4.79 Å². The van der Waals surface area contributed by atoms with Gasteiger partial charge in [-0.2, -0.15) is 0 Å². The molecule has 3 aromatic rings. The fraction of sp³-hybridized carbons (Fsp3) is 0.407. The van der Waals surface area contributed by atoms with Gasteiger partial charge in [0.25, 0.3) is 0 Å². The normalized spacial score (nSPS) is 26.9. The highest BCUT2D eigenvalue weighted by molar-refractivity contribution is 7.80. The van der Waals surface area contributed by atoms with Gasteiger partial charge in [-0.3, -0.25) is 4.79 Å². The molecule has 34 heavy (non-hydrogen) atoms. The van der Waals surface area contributed by atoms with Crippen molar-refractivity contribution in [1.82, 2.24) is 20.3 Å². The predicted octanol–water partition coefficient (Wildman–Crippen LogP) is 5.27. The number of carbonyl (C=O) groups excluding carboxylic acids is 1. The lowest BCUT2D eigenvalue weighted by Crippen LogP contribution is -2.55. The van der Waals surface area contributed by atoms with E-state index in [-0.39, 0.29) is 11.3 Å². The van der Waals surface area contributed by atoms with E-state index in [0.29, 0.717) is 5.11 Å². The van der Waals surface area contributed by atoms with Crippen LogP contribution in [0.5, 0.6) is 0 Å². The van der Waals surface area contributed by atoms with Gasteiger partial charge in [0, 0.05) is 11.3 Å². The molecule has 4 fully saturated rings. The van der Waals surface area contributed by atoms with Crippen molar-refractivity contribution in [3.8, 4) is 16.9 Å². The minimum absolute atomic E-state index is 0.117. The Balaban J connectivity index is 1.12. The van der Waals surface area contributed by atoms with Crippen LogP contribution in [0.15, 0.2) is 54.7 Å². The molecule has 7 heteroatoms. The number of aromatic nitrogens is 3. The van der Waals surface area contributed by atoms with E-state index in [2.05, 4.69) is 52.1 Å². The number of amides is 1. The zero-order valence-corrected chi connectivity index (χ0v) is 20.1. The molecule has 6 nitrogen and oxygen atoms in total. The number of rotatable bonds is 4. The summed E-state index contributed by atoms with van der Waals surface area (Å²) >= 11 is 5.50. The van der Waals surface area contributed by atoms with Gasteiger partial charge < -0.3 is 10.6 Å². The van der Waals surface area contributed by atoms with Gasteiger partial charge in [0.15, 0.2) is 5.11 Å². The van der Waals surface area contributed by atoms with E-state index >= 15 is 0 Å². The average molecular weight is 472 g/mol. The number of anilines is 1. The molecule has 0 saturated heterocycles. The summed E-state index contributed by atoms with van der Waals surface area (Å²) < 4.78 is 1.82. The van der Waals surface area contributed by atoms with Crippen LogP contribution >= 0.6 is 12.2 Å². The van der Waals surface area contributed by atoms with Crippen molar-refractivity contribution >= 4 is 28.9 Å². The second-order valence-corrected chi connectivity index (χ2v) is 11.0. The maximum Gasteiger partial charge on any atom is 0.232 e. The number of benzene rings is 2. The Labute approximate surface area is 205 Å². The number of hydrogen-bond donors (Lipinski definition) is 2. The number of thiocarbonyl (C=S) groups is 1. The summed E-state index contributed by atoms with van der Waals surface area (Å²) in [5.41, 5.74) is 4.73. The summed E-state index contributed by atoms with van der Waals surface area (Å²) in [5.74, 6) is 2.30. The summed E-state index contributed by atoms with van der Waals surface area (Å²) in [6.07, 6.45) is 8.82. The molecule has 0 radical (unpaired) electrons. The maximum atomic E-state index is 13.2. The number of nitrogens with one attached hydrogen (secondary N) is 2. The van der Waals surface area contributed by atoms with Crippen molar-refractivity contribution in [3.05, 3.63) is 60.3 Å². The molecule has 2 N–H and O–H groups in total. The van der Waals surface area contributed by atoms with Crippen LogP contribution < -0.4 is 10.6 Å². The van der Waals surface area contributed by atoms with E-state index in [1.165, 1.54) is 24.8 Å². The van der Waals surface area contributed by atoms with Gasteiger partial charge in [-0.15, -0.1) is 5.10 Å². The molecule has 4 saturated carbocycles. The van der Waals surface area contributed by atoms with E-state index in [0.717, 1.165) is 59.6 Å². The fourth-order valence-corrected chi connectivity index (χ4v) is 7.03. The standard InChI is InChI=1S/C27H29N5OS/c1-17-2-4-21(5-3-17)24-16-28-31-32(24)23-8-6-22(7-9-23)29-26(34)30-25(33)27-13-18-10-19(14-27)12-20(11-18)15-27/h2-9,16,18-20H,10-15H2,1H3,(H2,29,30,33,34). The summed E-state index contributed by atoms with van der Waals surface area (Å²) in [6, 6.07) is 16.1. The third-order valence-electron chi connectivity index (χ3n) is 8.01. The van der Waals surface area contributed by atoms with Crippen LogP contribution in [0.2, 0.25) is 0 Å². The zero-order valence-electron chi connectivity index (χ0n) is 19.3. The van der Waals surface area contributed by atoms with E-state index in [1.54, 1.807) is 6.20 Å². The molecule has 4 aliphatic rings. The first kappa shape index (κ1) is 21.5. The Hall–Kier alpha value is -3.06. The Kier molecular flexibility index (Phi) is 5.25. The number of carbonyl (C=O) groups is 1. The highest BCUT2D eigenvalue weighted by Gasteiger charge is 2.54. The van der Waals surface area contributed by atoms with Crippen molar-refractivity contribution in [3.63, 3.8) is 0 Å². The maximum absolute atomic E-state index is 13.2. The summed E-state index contributed by atoms with van der Waals surface area (Å²) in [4.78, 5) is 13.2. The lowest BCUT2D eigenvalue weighted by atomic mass is 9.49. The van der Waals surface area contributed by atoms with Crippen LogP contribution in [-0.4, -0.2) is 26.0 Å². The van der Waals surface area contributed by atoms with Crippen LogP contribution in [0.1, 0.15) is 44.1 Å². The van der Waals surface area contributed by atoms with Crippen LogP contribution in [0, 0.1) is 30.1 Å². The number of nitrogens with zero attached hydrogens (tertiary/aromatic N) is 3. The number of hydrogen-bond acceptors (Lipinski definition) is 4. The molecule has 174 valence electrons. The van der Waals surface area contributed by atoms with Crippen molar-refractivity contribution in [2.75, 3.05) is 5.32 Å². The predicted molar refractivity (Wildman–Crippen MR) is 137 cm³/mol. The largest absolute Gasteiger partial charge is 0.332 e. The molecule has 1 aromatic heterocycles. The molecule has 4 aliphatic carbocycles. The Morgan fingerprint density at radius 1 is 0.971 bits per heavy atom. The van der Waals surface area contributed by atoms with Crippen molar-refractivity contribution in [2.45, 2.75) is 45.4 Å². The number of aryl methyl sites for hydroxylation is 1. The van der Waals surface area contributed by atoms with E-state index < -0.39 is 0 Å². The molecule has 2 aromatic carbocycles. The summed E-state index contributed by atoms with van der Waals surface area (Å²) in [5, 5.41) is 14.9. The smallest absolute Gasteiger partial charge is 0.232 e. The van der Waals surface area contributed by atoms with Gasteiger partial charge in [0.1, 0.15) is 0 Å². The fourth-order valence-electron chi connectivity index (χ4n) is 6.82. The van der Waals surface area contributed by atoms with Gasteiger partial charge in [-0.1, -0.05) is 35.0 Å². The lowest BCUT2D eigenvalue weighted by Gasteiger charge is -2.55. The van der Waals surface area contributed by atoms with E-state index in [1.807, 2.05) is 28.9 Å². The molecular formula is C27H29N5OS. The zero-order chi connectivity index (χ0) is 23.3. The molecule has 0 spiro atoms. The Morgan fingerprint density at radius 3 is 2.21 bits per heavy atom. The quantitative estimate of drug-likeness (QED) is 0.507. The molecule has 1 heterocycles. The second kappa shape index (κ2) is 8.31. The minimum atomic E-state index is -0.205. The highest BCUT2D eigenvalue weighted by Crippen LogP contribution is 2.60. The lowest BCUT2D eigenvalue weighted by molar-refractivity contribution is -0.144. The van der Waals surface area contributed by atoms with Crippen molar-refractivity contribution in [1.29, 1.82) is 0 Å². The third kappa shape index (κ3) is 3.92. The van der Waals surface area contributed by atoms with Crippen LogP contribution in [0.4, 0.5) is 5.69 Å². The molecule has 0 atom stereocenters. The van der Waals surface area contributed by atoms with Crippen LogP contribution in [0.25, 0.3) is 16.9 Å². The van der Waals surface area contributed by atoms with Crippen LogP contribution in [0.3, 0.4) is 0 Å². The SMILES string of the molecule is Cc1ccc(-c2cnnn2-c2ccc(NC(=S)NC(=O)C34CC5CC(CC(C5)C3)C4)cc2)cc1. The molecule has 0 aliphatic heterocycles. The molecule has 0 unspecified atom stereocenters. The van der Waals surface area contributed by atoms with Gasteiger partial charge in [0.2, 0.25) is 5.91 Å². The Morgan fingerprint density at radius 2 is 1.59 bits per heavy atom. The summed E-state index contributed by atoms with van der Waals surface area (Å²) in [6.45, 7) is 2.07. The molecule has 7 rings (SSSR count). The van der Waals surface area contributed by atoms with Gasteiger partial charge in [-0.25, -0.2) is 4.68 Å². The van der Waals surface area contributed by atoms with Gasteiger partial charge in [-0.05, 0) is 99.7 Å². The van der Waals surface area contributed by atoms with Gasteiger partial charge >= 0.3 is 0 Å². The highest BCUT2D eigenvalue weighted by atomic mass is 32.1. The minimum Gasteiger partial charge on any atom is -0.332 e. The first-order chi connectivity index (χ1) is 16.5. The molecule has 1 amide bonds. The molecular weight excluding hydrogens is 442 g/mol. The van der Waals surface area contributed by atoms with Crippen molar-refractivity contribution in [2.24, 2.45) is 23.2 Å². The third-order valence-corrected chi connectivity index (χ3v) is 8.22. The van der Waals surface area contributed by atoms with Gasteiger partial charge in [0.05, 0.1) is 23.0 Å². The summed E-state index contributed by atoms with van der Waals surface area (Å²) in [7, 11) is 0. The molecule has 4 bridgehead atoms. The topological polar surface area (TPSA) is 71.8 Å². The Bertz CT molecular complexity index is 1200. The van der Waals surface area contributed by atoms with Crippen molar-refractivity contribution < 1.29 is 4.79 Å². The first-order valence-electron chi connectivity index (χ1n) is 12.2. The average Bonchev–Trinajstić information content (AvgIpc) is 3.29.